The fourth-order valence-corrected chi connectivity index (χ4v) is 1.85. The van der Waals surface area contributed by atoms with Crippen LogP contribution in [0.5, 0.6) is 5.75 Å². The van der Waals surface area contributed by atoms with E-state index in [1.165, 1.54) is 5.56 Å². The largest absolute Gasteiger partial charge is 0.492 e. The quantitative estimate of drug-likeness (QED) is 0.411. The molecular formula is C16H28N4O. The highest BCUT2D eigenvalue weighted by atomic mass is 16.5. The van der Waals surface area contributed by atoms with Gasteiger partial charge < -0.3 is 20.7 Å². The minimum atomic E-state index is 0.509. The number of hydrogen-bond acceptors (Lipinski definition) is 3. The maximum atomic E-state index is 5.67. The van der Waals surface area contributed by atoms with Crippen molar-refractivity contribution in [2.75, 3.05) is 40.8 Å². The van der Waals surface area contributed by atoms with Gasteiger partial charge in [0.2, 0.25) is 0 Å². The second kappa shape index (κ2) is 10.0. The van der Waals surface area contributed by atoms with Crippen LogP contribution in [-0.2, 0) is 6.42 Å². The van der Waals surface area contributed by atoms with Crippen LogP contribution in [0, 0.1) is 0 Å². The summed E-state index contributed by atoms with van der Waals surface area (Å²) in [6.45, 7) is 2.52. The number of ether oxygens (including phenoxy) is 1. The van der Waals surface area contributed by atoms with Gasteiger partial charge in [0, 0.05) is 20.1 Å². The molecule has 1 rings (SSSR count). The van der Waals surface area contributed by atoms with Crippen molar-refractivity contribution in [3.8, 4) is 5.75 Å². The number of aliphatic imine (C=N–C) groups is 1. The van der Waals surface area contributed by atoms with E-state index in [1.54, 1.807) is 7.05 Å². The van der Waals surface area contributed by atoms with E-state index in [-0.39, 0.29) is 0 Å². The molecule has 0 bridgehead atoms. The average molecular weight is 292 g/mol. The summed E-state index contributed by atoms with van der Waals surface area (Å²) in [7, 11) is 5.77. The fraction of sp³-hybridized carbons (Fsp3) is 0.562. The molecule has 118 valence electrons. The topological polar surface area (TPSA) is 62.9 Å². The smallest absolute Gasteiger partial charge is 0.188 e. The molecule has 21 heavy (non-hydrogen) atoms. The third kappa shape index (κ3) is 8.19. The summed E-state index contributed by atoms with van der Waals surface area (Å²) < 4.78 is 5.67. The second-order valence-electron chi connectivity index (χ2n) is 5.29. The van der Waals surface area contributed by atoms with Crippen molar-refractivity contribution in [1.29, 1.82) is 0 Å². The number of nitrogens with two attached hydrogens (primary N) is 1. The Kier molecular flexibility index (Phi) is 8.28. The van der Waals surface area contributed by atoms with E-state index in [1.807, 2.05) is 26.2 Å². The number of unbranched alkanes of at least 4 members (excludes halogenated alkanes) is 1. The standard InChI is InChI=1S/C16H28N4O/c1-18-16(17)19-11-5-4-6-14-7-9-15(10-8-14)21-13-12-20(2)3/h7-10H,4-6,11-13H2,1-3H3,(H3,17,18,19). The number of nitrogens with zero attached hydrogens (tertiary/aromatic N) is 2. The number of likely N-dealkylation sites (N-methyl/N-ethyl adjacent to an activating group) is 1. The second-order valence-corrected chi connectivity index (χ2v) is 5.29. The van der Waals surface area contributed by atoms with Crippen molar-refractivity contribution in [2.45, 2.75) is 19.3 Å². The minimum absolute atomic E-state index is 0.509. The van der Waals surface area contributed by atoms with E-state index in [0.717, 1.165) is 44.7 Å². The zero-order chi connectivity index (χ0) is 15.5. The highest BCUT2D eigenvalue weighted by Crippen LogP contribution is 2.13. The lowest BCUT2D eigenvalue weighted by molar-refractivity contribution is 0.261. The Hall–Kier alpha value is -1.75. The lowest BCUT2D eigenvalue weighted by Crippen LogP contribution is -2.32. The molecule has 0 spiro atoms. The molecule has 0 atom stereocenters. The maximum absolute atomic E-state index is 5.67. The van der Waals surface area contributed by atoms with Crippen LogP contribution in [0.3, 0.4) is 0 Å². The van der Waals surface area contributed by atoms with E-state index in [4.69, 9.17) is 10.5 Å². The van der Waals surface area contributed by atoms with Gasteiger partial charge in [0.05, 0.1) is 0 Å². The fourth-order valence-electron chi connectivity index (χ4n) is 1.85. The predicted octanol–water partition coefficient (Wildman–Crippen LogP) is 1.48. The van der Waals surface area contributed by atoms with Crippen molar-refractivity contribution in [2.24, 2.45) is 10.7 Å². The van der Waals surface area contributed by atoms with Gasteiger partial charge in [-0.3, -0.25) is 4.99 Å². The Morgan fingerprint density at radius 3 is 2.57 bits per heavy atom. The molecule has 0 aliphatic heterocycles. The van der Waals surface area contributed by atoms with Crippen LogP contribution in [0.2, 0.25) is 0 Å². The first kappa shape index (κ1) is 17.3. The molecule has 0 heterocycles. The van der Waals surface area contributed by atoms with Gasteiger partial charge in [0.1, 0.15) is 12.4 Å². The number of benzene rings is 1. The Labute approximate surface area is 128 Å². The Morgan fingerprint density at radius 2 is 1.95 bits per heavy atom. The molecule has 1 aromatic carbocycles. The van der Waals surface area contributed by atoms with Crippen LogP contribution in [0.15, 0.2) is 29.3 Å². The van der Waals surface area contributed by atoms with Gasteiger partial charge in [-0.2, -0.15) is 0 Å². The number of nitrogens with one attached hydrogen (secondary N) is 1. The molecule has 1 aromatic rings. The van der Waals surface area contributed by atoms with Crippen molar-refractivity contribution < 1.29 is 4.74 Å². The first-order chi connectivity index (χ1) is 10.1. The van der Waals surface area contributed by atoms with Gasteiger partial charge in [0.25, 0.3) is 0 Å². The van der Waals surface area contributed by atoms with Crippen LogP contribution in [0.4, 0.5) is 0 Å². The molecule has 0 radical (unpaired) electrons. The van der Waals surface area contributed by atoms with E-state index in [2.05, 4.69) is 27.3 Å². The Bertz CT molecular complexity index is 415. The van der Waals surface area contributed by atoms with Crippen molar-refractivity contribution in [1.82, 2.24) is 10.2 Å². The van der Waals surface area contributed by atoms with Crippen LogP contribution in [0.1, 0.15) is 18.4 Å². The van der Waals surface area contributed by atoms with Gasteiger partial charge >= 0.3 is 0 Å². The summed E-state index contributed by atoms with van der Waals surface area (Å²) in [4.78, 5) is 5.97. The number of guanidine groups is 1. The summed E-state index contributed by atoms with van der Waals surface area (Å²) in [5.74, 6) is 1.45. The Balaban J connectivity index is 2.19. The maximum Gasteiger partial charge on any atom is 0.188 e. The van der Waals surface area contributed by atoms with Crippen LogP contribution in [-0.4, -0.2) is 51.7 Å². The Morgan fingerprint density at radius 1 is 1.24 bits per heavy atom. The third-order valence-corrected chi connectivity index (χ3v) is 3.17. The molecule has 0 unspecified atom stereocenters. The van der Waals surface area contributed by atoms with Gasteiger partial charge in [0.15, 0.2) is 5.96 Å². The molecule has 0 aliphatic carbocycles. The van der Waals surface area contributed by atoms with Gasteiger partial charge in [-0.1, -0.05) is 12.1 Å². The number of aryl methyl sites for hydroxylation is 1. The highest BCUT2D eigenvalue weighted by molar-refractivity contribution is 5.77. The SMILES string of the molecule is CN=C(N)NCCCCc1ccc(OCCN(C)C)cc1. The lowest BCUT2D eigenvalue weighted by Gasteiger charge is -2.11. The van der Waals surface area contributed by atoms with Gasteiger partial charge in [-0.15, -0.1) is 0 Å². The van der Waals surface area contributed by atoms with Gasteiger partial charge in [-0.05, 0) is 51.1 Å². The van der Waals surface area contributed by atoms with Crippen LogP contribution >= 0.6 is 0 Å². The van der Waals surface area contributed by atoms with Crippen LogP contribution < -0.4 is 15.8 Å². The van der Waals surface area contributed by atoms with Crippen molar-refractivity contribution in [3.63, 3.8) is 0 Å². The molecule has 0 fully saturated rings. The first-order valence-corrected chi connectivity index (χ1v) is 7.44. The predicted molar refractivity (Wildman–Crippen MR) is 89.0 cm³/mol. The molecule has 0 amide bonds. The van der Waals surface area contributed by atoms with Crippen molar-refractivity contribution in [3.05, 3.63) is 29.8 Å². The summed E-state index contributed by atoms with van der Waals surface area (Å²) in [6, 6.07) is 8.37. The van der Waals surface area contributed by atoms with Gasteiger partial charge in [-0.25, -0.2) is 0 Å². The zero-order valence-corrected chi connectivity index (χ0v) is 13.4. The molecule has 0 saturated heterocycles. The van der Waals surface area contributed by atoms with E-state index < -0.39 is 0 Å². The molecule has 3 N–H and O–H groups in total. The third-order valence-electron chi connectivity index (χ3n) is 3.17. The van der Waals surface area contributed by atoms with E-state index >= 15 is 0 Å². The monoisotopic (exact) mass is 292 g/mol. The number of rotatable bonds is 9. The minimum Gasteiger partial charge on any atom is -0.492 e. The number of hydrogen-bond donors (Lipinski definition) is 2. The lowest BCUT2D eigenvalue weighted by atomic mass is 10.1. The zero-order valence-electron chi connectivity index (χ0n) is 13.4. The summed E-state index contributed by atoms with van der Waals surface area (Å²) in [6.07, 6.45) is 3.28. The molecule has 0 saturated carbocycles. The van der Waals surface area contributed by atoms with Crippen molar-refractivity contribution >= 4 is 5.96 Å². The van der Waals surface area contributed by atoms with Crippen LogP contribution in [0.25, 0.3) is 0 Å². The van der Waals surface area contributed by atoms with E-state index in [9.17, 15) is 0 Å². The molecular weight excluding hydrogens is 264 g/mol. The molecule has 0 aliphatic rings. The molecule has 5 nitrogen and oxygen atoms in total. The van der Waals surface area contributed by atoms with E-state index in [0.29, 0.717) is 5.96 Å². The normalized spacial score (nSPS) is 11.7. The summed E-state index contributed by atoms with van der Waals surface area (Å²) in [5, 5.41) is 3.06. The summed E-state index contributed by atoms with van der Waals surface area (Å²) >= 11 is 0. The molecule has 0 aromatic heterocycles. The summed E-state index contributed by atoms with van der Waals surface area (Å²) in [5.41, 5.74) is 6.90. The molecule has 5 heteroatoms. The highest BCUT2D eigenvalue weighted by Gasteiger charge is 1.97. The average Bonchev–Trinajstić information content (AvgIpc) is 2.47. The first-order valence-electron chi connectivity index (χ1n) is 7.44.